The van der Waals surface area contributed by atoms with Crippen molar-refractivity contribution < 1.29 is 4.74 Å². The average Bonchev–Trinajstić information content (AvgIpc) is 3.23. The van der Waals surface area contributed by atoms with Crippen molar-refractivity contribution in [2.75, 3.05) is 30.4 Å². The number of rotatable bonds is 3. The van der Waals surface area contributed by atoms with Crippen LogP contribution < -0.4 is 10.6 Å². The molecule has 1 aliphatic rings. The fraction of sp³-hybridized carbons (Fsp3) is 0.238. The molecule has 5 rings (SSSR count). The summed E-state index contributed by atoms with van der Waals surface area (Å²) in [7, 11) is 0. The topological polar surface area (TPSA) is 106 Å². The molecule has 1 fully saturated rings. The van der Waals surface area contributed by atoms with Crippen LogP contribution in [0.2, 0.25) is 0 Å². The third-order valence-electron chi connectivity index (χ3n) is 5.16. The Morgan fingerprint density at radius 3 is 2.93 bits per heavy atom. The van der Waals surface area contributed by atoms with Gasteiger partial charge in [0.05, 0.1) is 24.9 Å². The summed E-state index contributed by atoms with van der Waals surface area (Å²) in [6.07, 6.45) is 5.39. The van der Waals surface area contributed by atoms with E-state index in [4.69, 9.17) is 20.4 Å². The number of pyridine rings is 2. The second-order valence-electron chi connectivity index (χ2n) is 7.12. The van der Waals surface area contributed by atoms with E-state index in [1.54, 1.807) is 18.5 Å². The lowest BCUT2D eigenvalue weighted by atomic mass is 10.1. The van der Waals surface area contributed by atoms with Crippen molar-refractivity contribution in [1.82, 2.24) is 24.9 Å². The highest BCUT2D eigenvalue weighted by molar-refractivity contribution is 5.91. The maximum Gasteiger partial charge on any atom is 0.162 e. The number of nitrogens with one attached hydrogen (secondary N) is 1. The molecule has 1 aliphatic heterocycles. The second-order valence-corrected chi connectivity index (χ2v) is 7.12. The van der Waals surface area contributed by atoms with Crippen molar-refractivity contribution in [3.8, 4) is 22.6 Å². The van der Waals surface area contributed by atoms with Gasteiger partial charge in [0.2, 0.25) is 0 Å². The van der Waals surface area contributed by atoms with Gasteiger partial charge in [-0.2, -0.15) is 0 Å². The Labute approximate surface area is 167 Å². The van der Waals surface area contributed by atoms with Gasteiger partial charge in [0, 0.05) is 47.7 Å². The third-order valence-corrected chi connectivity index (χ3v) is 5.16. The smallest absolute Gasteiger partial charge is 0.162 e. The predicted octanol–water partition coefficient (Wildman–Crippen LogP) is 2.89. The Kier molecular flexibility index (Phi) is 4.33. The largest absolute Gasteiger partial charge is 0.384 e. The molecular weight excluding hydrogens is 366 g/mol. The minimum Gasteiger partial charge on any atom is -0.384 e. The standard InChI is InChI=1S/C21H21N7O/c1-13-12-29-9-8-28(13)19-10-17(14-2-3-18(22)25-11-14)26-21(27-19)16-5-7-24-20-15(16)4-6-23-20/h2-7,10-11,13H,8-9,12H2,1H3,(H2,22,25)(H,23,24). The lowest BCUT2D eigenvalue weighted by molar-refractivity contribution is 0.0985. The summed E-state index contributed by atoms with van der Waals surface area (Å²) >= 11 is 0. The molecule has 1 unspecified atom stereocenters. The summed E-state index contributed by atoms with van der Waals surface area (Å²) < 4.78 is 5.60. The summed E-state index contributed by atoms with van der Waals surface area (Å²) in [6, 6.07) is 9.89. The van der Waals surface area contributed by atoms with E-state index in [1.807, 2.05) is 30.5 Å². The van der Waals surface area contributed by atoms with Gasteiger partial charge in [-0.05, 0) is 31.2 Å². The lowest BCUT2D eigenvalue weighted by Gasteiger charge is -2.34. The van der Waals surface area contributed by atoms with Crippen LogP contribution in [0.15, 0.2) is 48.9 Å². The maximum atomic E-state index is 5.76. The van der Waals surface area contributed by atoms with Crippen molar-refractivity contribution in [3.63, 3.8) is 0 Å². The van der Waals surface area contributed by atoms with Crippen molar-refractivity contribution in [1.29, 1.82) is 0 Å². The summed E-state index contributed by atoms with van der Waals surface area (Å²) in [5.74, 6) is 2.01. The van der Waals surface area contributed by atoms with Crippen LogP contribution in [0.5, 0.6) is 0 Å². The van der Waals surface area contributed by atoms with Crippen LogP contribution in [0, 0.1) is 0 Å². The molecule has 0 radical (unpaired) electrons. The number of nitrogens with two attached hydrogens (primary N) is 1. The van der Waals surface area contributed by atoms with Crippen molar-refractivity contribution in [3.05, 3.63) is 48.9 Å². The molecule has 0 amide bonds. The molecular formula is C21H21N7O. The van der Waals surface area contributed by atoms with E-state index >= 15 is 0 Å². The van der Waals surface area contributed by atoms with Gasteiger partial charge >= 0.3 is 0 Å². The molecule has 4 aromatic rings. The van der Waals surface area contributed by atoms with Gasteiger partial charge in [-0.3, -0.25) is 0 Å². The fourth-order valence-electron chi connectivity index (χ4n) is 3.63. The van der Waals surface area contributed by atoms with Gasteiger partial charge in [0.15, 0.2) is 5.82 Å². The van der Waals surface area contributed by atoms with Gasteiger partial charge < -0.3 is 20.4 Å². The van der Waals surface area contributed by atoms with E-state index in [0.29, 0.717) is 24.9 Å². The number of aromatic amines is 1. The molecule has 5 heterocycles. The first-order valence-electron chi connectivity index (χ1n) is 9.57. The number of anilines is 2. The van der Waals surface area contributed by atoms with Gasteiger partial charge in [0.1, 0.15) is 17.3 Å². The van der Waals surface area contributed by atoms with Crippen molar-refractivity contribution in [2.24, 2.45) is 0 Å². The number of fused-ring (bicyclic) bond motifs is 1. The van der Waals surface area contributed by atoms with Crippen LogP contribution in [0.3, 0.4) is 0 Å². The van der Waals surface area contributed by atoms with Crippen molar-refractivity contribution in [2.45, 2.75) is 13.0 Å². The predicted molar refractivity (Wildman–Crippen MR) is 112 cm³/mol. The lowest BCUT2D eigenvalue weighted by Crippen LogP contribution is -2.44. The summed E-state index contributed by atoms with van der Waals surface area (Å²) in [5.41, 5.74) is 9.21. The van der Waals surface area contributed by atoms with E-state index in [2.05, 4.69) is 26.8 Å². The third kappa shape index (κ3) is 3.27. The first kappa shape index (κ1) is 17.6. The Morgan fingerprint density at radius 2 is 2.10 bits per heavy atom. The van der Waals surface area contributed by atoms with E-state index in [9.17, 15) is 0 Å². The van der Waals surface area contributed by atoms with Crippen LogP contribution in [0.1, 0.15) is 6.92 Å². The molecule has 1 atom stereocenters. The molecule has 3 N–H and O–H groups in total. The molecule has 0 saturated carbocycles. The number of hydrogen-bond donors (Lipinski definition) is 2. The molecule has 0 bridgehead atoms. The normalized spacial score (nSPS) is 17.0. The van der Waals surface area contributed by atoms with Crippen LogP contribution in [-0.2, 0) is 4.74 Å². The van der Waals surface area contributed by atoms with E-state index < -0.39 is 0 Å². The molecule has 29 heavy (non-hydrogen) atoms. The number of ether oxygens (including phenoxy) is 1. The van der Waals surface area contributed by atoms with Crippen LogP contribution in [0.25, 0.3) is 33.7 Å². The maximum absolute atomic E-state index is 5.76. The SMILES string of the molecule is CC1COCCN1c1cc(-c2ccc(N)nc2)nc(-c2ccnc3[nH]ccc23)n1. The number of nitrogen functional groups attached to an aromatic ring is 1. The second kappa shape index (κ2) is 7.14. The highest BCUT2D eigenvalue weighted by atomic mass is 16.5. The number of morpholine rings is 1. The van der Waals surface area contributed by atoms with Crippen LogP contribution in [-0.4, -0.2) is 50.7 Å². The zero-order chi connectivity index (χ0) is 19.8. The van der Waals surface area contributed by atoms with Crippen LogP contribution >= 0.6 is 0 Å². The van der Waals surface area contributed by atoms with Crippen molar-refractivity contribution >= 4 is 22.7 Å². The number of H-pyrrole nitrogens is 1. The minimum atomic E-state index is 0.230. The number of aromatic nitrogens is 5. The summed E-state index contributed by atoms with van der Waals surface area (Å²) in [6.45, 7) is 4.28. The zero-order valence-corrected chi connectivity index (χ0v) is 16.0. The molecule has 8 heteroatoms. The Balaban J connectivity index is 1.69. The molecule has 0 aliphatic carbocycles. The van der Waals surface area contributed by atoms with E-state index in [0.717, 1.165) is 40.2 Å². The molecule has 4 aromatic heterocycles. The van der Waals surface area contributed by atoms with Gasteiger partial charge in [-0.1, -0.05) is 0 Å². The van der Waals surface area contributed by atoms with E-state index in [1.165, 1.54) is 0 Å². The number of hydrogen-bond acceptors (Lipinski definition) is 7. The average molecular weight is 387 g/mol. The first-order valence-corrected chi connectivity index (χ1v) is 9.57. The zero-order valence-electron chi connectivity index (χ0n) is 16.0. The van der Waals surface area contributed by atoms with E-state index in [-0.39, 0.29) is 6.04 Å². The highest BCUT2D eigenvalue weighted by Crippen LogP contribution is 2.30. The molecule has 0 spiro atoms. The molecule has 146 valence electrons. The van der Waals surface area contributed by atoms with Gasteiger partial charge in [-0.25, -0.2) is 19.9 Å². The van der Waals surface area contributed by atoms with Gasteiger partial charge in [-0.15, -0.1) is 0 Å². The molecule has 1 saturated heterocycles. The minimum absolute atomic E-state index is 0.230. The van der Waals surface area contributed by atoms with Crippen LogP contribution in [0.4, 0.5) is 11.6 Å². The summed E-state index contributed by atoms with van der Waals surface area (Å²) in [5, 5.41) is 0.987. The molecule has 8 nitrogen and oxygen atoms in total. The Morgan fingerprint density at radius 1 is 1.17 bits per heavy atom. The Bertz CT molecular complexity index is 1160. The highest BCUT2D eigenvalue weighted by Gasteiger charge is 2.22. The van der Waals surface area contributed by atoms with Gasteiger partial charge in [0.25, 0.3) is 0 Å². The fourth-order valence-corrected chi connectivity index (χ4v) is 3.63. The monoisotopic (exact) mass is 387 g/mol. The number of nitrogens with zero attached hydrogens (tertiary/aromatic N) is 5. The Hall–Kier alpha value is -3.52. The first-order chi connectivity index (χ1) is 14.2. The quantitative estimate of drug-likeness (QED) is 0.557. The summed E-state index contributed by atoms with van der Waals surface area (Å²) in [4.78, 5) is 23.8. The molecule has 0 aromatic carbocycles.